The predicted octanol–water partition coefficient (Wildman–Crippen LogP) is 4.38. The van der Waals surface area contributed by atoms with Gasteiger partial charge in [-0.25, -0.2) is 0 Å². The number of pyridine rings is 1. The van der Waals surface area contributed by atoms with E-state index in [1.807, 2.05) is 0 Å². The van der Waals surface area contributed by atoms with Gasteiger partial charge in [0.2, 0.25) is 0 Å². The van der Waals surface area contributed by atoms with Gasteiger partial charge < -0.3 is 5.32 Å². The molecule has 2 nitrogen and oxygen atoms in total. The van der Waals surface area contributed by atoms with Crippen LogP contribution >= 0.6 is 0 Å². The number of fused-ring (bicyclic) bond motifs is 3. The van der Waals surface area contributed by atoms with Crippen molar-refractivity contribution in [3.63, 3.8) is 0 Å². The largest absolute Gasteiger partial charge is 0.307 e. The van der Waals surface area contributed by atoms with Gasteiger partial charge in [0, 0.05) is 18.5 Å². The number of benzene rings is 2. The highest BCUT2D eigenvalue weighted by Crippen LogP contribution is 2.36. The molecule has 0 atom stereocenters. The van der Waals surface area contributed by atoms with Crippen molar-refractivity contribution < 1.29 is 0 Å². The minimum Gasteiger partial charge on any atom is -0.307 e. The van der Waals surface area contributed by atoms with E-state index in [1.165, 1.54) is 53.5 Å². The van der Waals surface area contributed by atoms with Gasteiger partial charge in [0.15, 0.2) is 0 Å². The molecule has 23 heavy (non-hydrogen) atoms. The van der Waals surface area contributed by atoms with Crippen LogP contribution in [0.5, 0.6) is 0 Å². The van der Waals surface area contributed by atoms with Gasteiger partial charge in [0.05, 0.1) is 11.2 Å². The lowest BCUT2D eigenvalue weighted by molar-refractivity contribution is 0.686. The van der Waals surface area contributed by atoms with E-state index in [0.717, 1.165) is 18.6 Å². The standard InChI is InChI=1S/C21H20N2/c1-2-6-15-11-16(10-9-14(15)5-1)21-17-7-3-4-8-19(17)23-20-13-22-12-18(20)21/h3-4,7-11,22H,1-2,5-6,12-13H2. The quantitative estimate of drug-likeness (QED) is 0.721. The maximum atomic E-state index is 4.87. The van der Waals surface area contributed by atoms with Crippen molar-refractivity contribution in [1.29, 1.82) is 0 Å². The molecule has 5 rings (SSSR count). The van der Waals surface area contributed by atoms with E-state index in [-0.39, 0.29) is 0 Å². The first-order chi connectivity index (χ1) is 11.4. The molecule has 114 valence electrons. The van der Waals surface area contributed by atoms with Crippen molar-refractivity contribution in [2.24, 2.45) is 0 Å². The Hall–Kier alpha value is -2.19. The average molecular weight is 300 g/mol. The number of aryl methyl sites for hydroxylation is 2. The molecule has 1 aromatic heterocycles. The summed E-state index contributed by atoms with van der Waals surface area (Å²) in [7, 11) is 0. The molecule has 0 radical (unpaired) electrons. The molecule has 1 N–H and O–H groups in total. The highest BCUT2D eigenvalue weighted by molar-refractivity contribution is 5.97. The van der Waals surface area contributed by atoms with Crippen LogP contribution in [0.2, 0.25) is 0 Å². The maximum Gasteiger partial charge on any atom is 0.0712 e. The summed E-state index contributed by atoms with van der Waals surface area (Å²) in [4.78, 5) is 4.87. The number of aromatic nitrogens is 1. The molecular weight excluding hydrogens is 280 g/mol. The number of para-hydroxylation sites is 1. The van der Waals surface area contributed by atoms with E-state index in [9.17, 15) is 0 Å². The van der Waals surface area contributed by atoms with Gasteiger partial charge in [-0.3, -0.25) is 4.98 Å². The molecule has 0 fully saturated rings. The zero-order valence-corrected chi connectivity index (χ0v) is 13.2. The number of hydrogen-bond acceptors (Lipinski definition) is 2. The van der Waals surface area contributed by atoms with E-state index >= 15 is 0 Å². The zero-order chi connectivity index (χ0) is 15.2. The molecule has 0 spiro atoms. The highest BCUT2D eigenvalue weighted by atomic mass is 14.9. The van der Waals surface area contributed by atoms with Crippen molar-refractivity contribution in [3.05, 3.63) is 64.8 Å². The molecule has 3 aromatic rings. The molecular formula is C21H20N2. The van der Waals surface area contributed by atoms with E-state index < -0.39 is 0 Å². The van der Waals surface area contributed by atoms with Crippen LogP contribution in [0.4, 0.5) is 0 Å². The summed E-state index contributed by atoms with van der Waals surface area (Å²) in [6.45, 7) is 1.82. The third kappa shape index (κ3) is 2.09. The van der Waals surface area contributed by atoms with Crippen LogP contribution in [0.25, 0.3) is 22.0 Å². The topological polar surface area (TPSA) is 24.9 Å². The molecule has 2 aliphatic rings. The second kappa shape index (κ2) is 5.17. The monoisotopic (exact) mass is 300 g/mol. The Kier molecular flexibility index (Phi) is 2.98. The Bertz CT molecular complexity index is 911. The lowest BCUT2D eigenvalue weighted by Crippen LogP contribution is -2.03. The van der Waals surface area contributed by atoms with E-state index in [0.29, 0.717) is 0 Å². The van der Waals surface area contributed by atoms with Crippen LogP contribution < -0.4 is 5.32 Å². The molecule has 0 amide bonds. The number of rotatable bonds is 1. The summed E-state index contributed by atoms with van der Waals surface area (Å²) in [5.74, 6) is 0. The van der Waals surface area contributed by atoms with Gasteiger partial charge in [0.25, 0.3) is 0 Å². The lowest BCUT2D eigenvalue weighted by atomic mass is 9.87. The first-order valence-electron chi connectivity index (χ1n) is 8.63. The van der Waals surface area contributed by atoms with Crippen LogP contribution in [0.3, 0.4) is 0 Å². The van der Waals surface area contributed by atoms with Crippen molar-refractivity contribution in [3.8, 4) is 11.1 Å². The summed E-state index contributed by atoms with van der Waals surface area (Å²) < 4.78 is 0. The third-order valence-electron chi connectivity index (χ3n) is 5.31. The Balaban J connectivity index is 1.79. The Labute approximate surface area is 136 Å². The predicted molar refractivity (Wildman–Crippen MR) is 94.4 cm³/mol. The Morgan fingerprint density at radius 3 is 2.70 bits per heavy atom. The highest BCUT2D eigenvalue weighted by Gasteiger charge is 2.21. The molecule has 1 aliphatic carbocycles. The van der Waals surface area contributed by atoms with Gasteiger partial charge in [-0.1, -0.05) is 36.4 Å². The summed E-state index contributed by atoms with van der Waals surface area (Å²) in [5.41, 5.74) is 9.58. The molecule has 0 unspecified atom stereocenters. The van der Waals surface area contributed by atoms with Gasteiger partial charge in [0.1, 0.15) is 0 Å². The Morgan fingerprint density at radius 1 is 0.870 bits per heavy atom. The van der Waals surface area contributed by atoms with Crippen molar-refractivity contribution >= 4 is 10.9 Å². The summed E-state index contributed by atoms with van der Waals surface area (Å²) in [6.07, 6.45) is 5.13. The normalized spacial score (nSPS) is 16.3. The van der Waals surface area contributed by atoms with Crippen molar-refractivity contribution in [2.45, 2.75) is 38.8 Å². The van der Waals surface area contributed by atoms with Crippen LogP contribution in [0, 0.1) is 0 Å². The fourth-order valence-corrected chi connectivity index (χ4v) is 4.16. The van der Waals surface area contributed by atoms with Gasteiger partial charge in [-0.05, 0) is 59.6 Å². The van der Waals surface area contributed by atoms with E-state index in [4.69, 9.17) is 4.98 Å². The van der Waals surface area contributed by atoms with Crippen LogP contribution in [-0.2, 0) is 25.9 Å². The number of nitrogens with zero attached hydrogens (tertiary/aromatic N) is 1. The first kappa shape index (κ1) is 13.3. The summed E-state index contributed by atoms with van der Waals surface area (Å²) in [6, 6.07) is 15.7. The molecule has 0 bridgehead atoms. The fourth-order valence-electron chi connectivity index (χ4n) is 4.16. The summed E-state index contributed by atoms with van der Waals surface area (Å²) >= 11 is 0. The van der Waals surface area contributed by atoms with Crippen molar-refractivity contribution in [2.75, 3.05) is 0 Å². The van der Waals surface area contributed by atoms with Crippen LogP contribution in [0.15, 0.2) is 42.5 Å². The molecule has 0 saturated carbocycles. The number of nitrogens with one attached hydrogen (secondary N) is 1. The van der Waals surface area contributed by atoms with Gasteiger partial charge in [-0.2, -0.15) is 0 Å². The van der Waals surface area contributed by atoms with E-state index in [2.05, 4.69) is 47.8 Å². The molecule has 1 aliphatic heterocycles. The first-order valence-corrected chi connectivity index (χ1v) is 8.63. The second-order valence-corrected chi connectivity index (χ2v) is 6.72. The van der Waals surface area contributed by atoms with Crippen molar-refractivity contribution in [1.82, 2.24) is 10.3 Å². The minimum absolute atomic E-state index is 0.887. The fraction of sp³-hybridized carbons (Fsp3) is 0.286. The van der Waals surface area contributed by atoms with E-state index in [1.54, 1.807) is 11.1 Å². The summed E-state index contributed by atoms with van der Waals surface area (Å²) in [5, 5.41) is 4.76. The van der Waals surface area contributed by atoms with Gasteiger partial charge in [-0.15, -0.1) is 0 Å². The second-order valence-electron chi connectivity index (χ2n) is 6.72. The zero-order valence-electron chi connectivity index (χ0n) is 13.2. The molecule has 2 heteroatoms. The average Bonchev–Trinajstić information content (AvgIpc) is 3.07. The van der Waals surface area contributed by atoms with Gasteiger partial charge >= 0.3 is 0 Å². The molecule has 0 saturated heterocycles. The maximum absolute atomic E-state index is 4.87. The number of hydrogen-bond donors (Lipinski definition) is 1. The molecule has 2 heterocycles. The SMILES string of the molecule is c1ccc2c(-c3ccc4c(c3)CCCC4)c3c(nc2c1)CNC3. The Morgan fingerprint density at radius 2 is 1.74 bits per heavy atom. The lowest BCUT2D eigenvalue weighted by Gasteiger charge is -2.18. The van der Waals surface area contributed by atoms with Crippen LogP contribution in [-0.4, -0.2) is 4.98 Å². The minimum atomic E-state index is 0.887. The van der Waals surface area contributed by atoms with Crippen LogP contribution in [0.1, 0.15) is 35.2 Å². The molecule has 2 aromatic carbocycles. The third-order valence-corrected chi connectivity index (χ3v) is 5.31. The smallest absolute Gasteiger partial charge is 0.0712 e.